The Morgan fingerprint density at radius 2 is 2.06 bits per heavy atom. The lowest BCUT2D eigenvalue weighted by molar-refractivity contribution is 1.05. The number of hydrogen-bond donors (Lipinski definition) is 1. The van der Waals surface area contributed by atoms with Crippen LogP contribution in [-0.2, 0) is 0 Å². The van der Waals surface area contributed by atoms with Crippen molar-refractivity contribution in [1.82, 2.24) is 9.97 Å². The van der Waals surface area contributed by atoms with E-state index in [1.807, 2.05) is 6.07 Å². The predicted molar refractivity (Wildman–Crippen MR) is 69.1 cm³/mol. The molecule has 0 bridgehead atoms. The molecular formula is C12H9ClN4O. The van der Waals surface area contributed by atoms with Crippen molar-refractivity contribution >= 4 is 23.1 Å². The molecule has 1 N–H and O–H groups in total. The number of rotatable bonds is 2. The molecule has 0 aliphatic heterocycles. The molecule has 0 radical (unpaired) electrons. The number of nitrogens with zero attached hydrogens (tertiary/aromatic N) is 3. The van der Waals surface area contributed by atoms with Crippen molar-refractivity contribution < 1.29 is 0 Å². The quantitative estimate of drug-likeness (QED) is 0.897. The third-order valence-corrected chi connectivity index (χ3v) is 2.82. The average Bonchev–Trinajstić information content (AvgIpc) is 2.41. The van der Waals surface area contributed by atoms with E-state index < -0.39 is 0 Å². The Labute approximate surface area is 108 Å². The van der Waals surface area contributed by atoms with Crippen LogP contribution in [0.2, 0.25) is 5.02 Å². The third-order valence-electron chi connectivity index (χ3n) is 2.48. The van der Waals surface area contributed by atoms with Crippen LogP contribution in [-0.4, -0.2) is 17.0 Å². The van der Waals surface area contributed by atoms with Crippen molar-refractivity contribution in [3.63, 3.8) is 0 Å². The second-order valence-corrected chi connectivity index (χ2v) is 3.96. The van der Waals surface area contributed by atoms with Gasteiger partial charge in [-0.05, 0) is 24.3 Å². The Hall–Kier alpha value is -2.32. The van der Waals surface area contributed by atoms with E-state index in [2.05, 4.69) is 9.97 Å². The van der Waals surface area contributed by atoms with E-state index in [-0.39, 0.29) is 10.6 Å². The largest absolute Gasteiger partial charge is 0.328 e. The molecule has 6 heteroatoms. The summed E-state index contributed by atoms with van der Waals surface area (Å²) in [7, 11) is 1.75. The predicted octanol–water partition coefficient (Wildman–Crippen LogP) is 2.06. The van der Waals surface area contributed by atoms with Gasteiger partial charge in [0.1, 0.15) is 5.02 Å². The molecule has 0 amide bonds. The van der Waals surface area contributed by atoms with E-state index in [0.29, 0.717) is 11.4 Å². The number of aromatic amines is 1. The minimum absolute atomic E-state index is 0.0318. The zero-order chi connectivity index (χ0) is 13.1. The molecule has 0 saturated carbocycles. The van der Waals surface area contributed by atoms with Crippen molar-refractivity contribution in [1.29, 1.82) is 5.26 Å². The SMILES string of the molecule is CN(c1ccc(C#N)cc1)c1nc[nH]c(=O)c1Cl. The highest BCUT2D eigenvalue weighted by atomic mass is 35.5. The molecule has 0 fully saturated rings. The van der Waals surface area contributed by atoms with Crippen molar-refractivity contribution in [3.8, 4) is 6.07 Å². The van der Waals surface area contributed by atoms with Gasteiger partial charge >= 0.3 is 0 Å². The van der Waals surface area contributed by atoms with Crippen LogP contribution in [0.5, 0.6) is 0 Å². The van der Waals surface area contributed by atoms with Crippen molar-refractivity contribution in [2.24, 2.45) is 0 Å². The monoisotopic (exact) mass is 260 g/mol. The second-order valence-electron chi connectivity index (χ2n) is 3.59. The topological polar surface area (TPSA) is 72.8 Å². The molecule has 90 valence electrons. The van der Waals surface area contributed by atoms with E-state index in [0.717, 1.165) is 5.69 Å². The Morgan fingerprint density at radius 3 is 2.67 bits per heavy atom. The number of anilines is 2. The van der Waals surface area contributed by atoms with Gasteiger partial charge in [0.2, 0.25) is 0 Å². The van der Waals surface area contributed by atoms with E-state index in [9.17, 15) is 4.79 Å². The van der Waals surface area contributed by atoms with Gasteiger partial charge in [-0.25, -0.2) is 4.98 Å². The van der Waals surface area contributed by atoms with E-state index in [1.54, 1.807) is 36.2 Å². The van der Waals surface area contributed by atoms with Crippen molar-refractivity contribution in [3.05, 3.63) is 51.5 Å². The van der Waals surface area contributed by atoms with Gasteiger partial charge in [-0.3, -0.25) is 4.79 Å². The number of halogens is 1. The van der Waals surface area contributed by atoms with Crippen LogP contribution < -0.4 is 10.5 Å². The molecule has 0 aliphatic carbocycles. The maximum absolute atomic E-state index is 11.4. The highest BCUT2D eigenvalue weighted by molar-refractivity contribution is 6.32. The summed E-state index contributed by atoms with van der Waals surface area (Å²) >= 11 is 5.90. The molecule has 5 nitrogen and oxygen atoms in total. The maximum atomic E-state index is 11.4. The van der Waals surface area contributed by atoms with Crippen LogP contribution in [0, 0.1) is 11.3 Å². The van der Waals surface area contributed by atoms with E-state index >= 15 is 0 Å². The lowest BCUT2D eigenvalue weighted by Gasteiger charge is -2.18. The Bertz CT molecular complexity index is 657. The molecule has 0 spiro atoms. The first kappa shape index (κ1) is 12.1. The lowest BCUT2D eigenvalue weighted by atomic mass is 10.2. The number of benzene rings is 1. The first-order valence-electron chi connectivity index (χ1n) is 5.10. The zero-order valence-electron chi connectivity index (χ0n) is 9.51. The summed E-state index contributed by atoms with van der Waals surface area (Å²) in [5.74, 6) is 0.366. The summed E-state index contributed by atoms with van der Waals surface area (Å²) in [5.41, 5.74) is 0.966. The van der Waals surface area contributed by atoms with Crippen LogP contribution in [0.4, 0.5) is 11.5 Å². The van der Waals surface area contributed by atoms with Gasteiger partial charge in [0.25, 0.3) is 5.56 Å². The van der Waals surface area contributed by atoms with Crippen LogP contribution in [0.1, 0.15) is 5.56 Å². The molecule has 2 rings (SSSR count). The summed E-state index contributed by atoms with van der Waals surface area (Å²) < 4.78 is 0. The number of H-pyrrole nitrogens is 1. The standard InChI is InChI=1S/C12H9ClN4O/c1-17(9-4-2-8(6-14)3-5-9)11-10(13)12(18)16-7-15-11/h2-5,7H,1H3,(H,15,16,18). The Kier molecular flexibility index (Phi) is 3.31. The number of aromatic nitrogens is 2. The fraction of sp³-hybridized carbons (Fsp3) is 0.0833. The summed E-state index contributed by atoms with van der Waals surface area (Å²) in [4.78, 5) is 19.5. The van der Waals surface area contributed by atoms with Crippen LogP contribution in [0.25, 0.3) is 0 Å². The maximum Gasteiger partial charge on any atom is 0.271 e. The Balaban J connectivity index is 2.42. The lowest BCUT2D eigenvalue weighted by Crippen LogP contribution is -2.17. The minimum Gasteiger partial charge on any atom is -0.328 e. The summed E-state index contributed by atoms with van der Waals surface area (Å²) in [6, 6.07) is 8.94. The first-order valence-corrected chi connectivity index (χ1v) is 5.48. The molecule has 0 atom stereocenters. The molecule has 1 heterocycles. The van der Waals surface area contributed by atoms with Crippen LogP contribution in [0.15, 0.2) is 35.4 Å². The molecule has 2 aromatic rings. The van der Waals surface area contributed by atoms with Gasteiger partial charge in [0, 0.05) is 12.7 Å². The van der Waals surface area contributed by atoms with Gasteiger partial charge in [-0.15, -0.1) is 0 Å². The van der Waals surface area contributed by atoms with Gasteiger partial charge < -0.3 is 9.88 Å². The van der Waals surface area contributed by atoms with Gasteiger partial charge in [-0.1, -0.05) is 11.6 Å². The molecule has 18 heavy (non-hydrogen) atoms. The minimum atomic E-state index is -0.387. The normalized spacial score (nSPS) is 9.83. The van der Waals surface area contributed by atoms with Crippen LogP contribution >= 0.6 is 11.6 Å². The molecule has 0 unspecified atom stereocenters. The van der Waals surface area contributed by atoms with Crippen molar-refractivity contribution in [2.75, 3.05) is 11.9 Å². The zero-order valence-corrected chi connectivity index (χ0v) is 10.3. The highest BCUT2D eigenvalue weighted by Crippen LogP contribution is 2.25. The number of nitriles is 1. The van der Waals surface area contributed by atoms with Gasteiger partial charge in [0.15, 0.2) is 5.82 Å². The third kappa shape index (κ3) is 2.19. The summed E-state index contributed by atoms with van der Waals surface area (Å²) in [6.07, 6.45) is 1.30. The van der Waals surface area contributed by atoms with E-state index in [4.69, 9.17) is 16.9 Å². The molecule has 0 aliphatic rings. The molecule has 1 aromatic carbocycles. The highest BCUT2D eigenvalue weighted by Gasteiger charge is 2.12. The fourth-order valence-electron chi connectivity index (χ4n) is 1.49. The van der Waals surface area contributed by atoms with Gasteiger partial charge in [-0.2, -0.15) is 5.26 Å². The van der Waals surface area contributed by atoms with E-state index in [1.165, 1.54) is 6.33 Å². The average molecular weight is 261 g/mol. The molecular weight excluding hydrogens is 252 g/mol. The number of nitrogens with one attached hydrogen (secondary N) is 1. The smallest absolute Gasteiger partial charge is 0.271 e. The molecule has 0 saturated heterocycles. The van der Waals surface area contributed by atoms with Gasteiger partial charge in [0.05, 0.1) is 18.0 Å². The van der Waals surface area contributed by atoms with Crippen LogP contribution in [0.3, 0.4) is 0 Å². The summed E-state index contributed by atoms with van der Waals surface area (Å²) in [6.45, 7) is 0. The number of hydrogen-bond acceptors (Lipinski definition) is 4. The molecule has 1 aromatic heterocycles. The summed E-state index contributed by atoms with van der Waals surface area (Å²) in [5, 5.41) is 8.75. The first-order chi connectivity index (χ1) is 8.63. The van der Waals surface area contributed by atoms with Crippen molar-refractivity contribution in [2.45, 2.75) is 0 Å². The fourth-order valence-corrected chi connectivity index (χ4v) is 1.72. The second kappa shape index (κ2) is 4.90. The Morgan fingerprint density at radius 1 is 1.39 bits per heavy atom.